The molecule has 0 aromatic carbocycles. The maximum absolute atomic E-state index is 11.4. The third-order valence-corrected chi connectivity index (χ3v) is 4.64. The summed E-state index contributed by atoms with van der Waals surface area (Å²) >= 11 is 0. The normalized spacial score (nSPS) is 23.0. The summed E-state index contributed by atoms with van der Waals surface area (Å²) in [6, 6.07) is 0.0133. The molecule has 1 aromatic heterocycles. The lowest BCUT2D eigenvalue weighted by Gasteiger charge is -2.09. The number of aromatic nitrogens is 3. The molecule has 1 aromatic rings. The Morgan fingerprint density at radius 1 is 1.59 bits per heavy atom. The van der Waals surface area contributed by atoms with Crippen LogP contribution in [-0.2, 0) is 23.4 Å². The molecule has 0 saturated carbocycles. The van der Waals surface area contributed by atoms with Crippen molar-refractivity contribution in [1.29, 1.82) is 0 Å². The van der Waals surface area contributed by atoms with E-state index in [4.69, 9.17) is 0 Å². The topological polar surface area (TPSA) is 86.0 Å². The molecule has 1 unspecified atom stereocenters. The monoisotopic (exact) mass is 260 g/mol. The number of hydrogen-bond acceptors (Lipinski definition) is 5. The van der Waals surface area contributed by atoms with Crippen molar-refractivity contribution >= 4 is 9.84 Å². The van der Waals surface area contributed by atoms with Crippen LogP contribution in [0, 0.1) is 0 Å². The van der Waals surface area contributed by atoms with E-state index in [-0.39, 0.29) is 23.2 Å². The van der Waals surface area contributed by atoms with Gasteiger partial charge in [0, 0.05) is 19.6 Å². The Kier molecular flexibility index (Phi) is 3.34. The molecule has 1 aliphatic rings. The fourth-order valence-corrected chi connectivity index (χ4v) is 3.61. The maximum atomic E-state index is 11.4. The first-order chi connectivity index (χ1) is 7.98. The second-order valence-electron chi connectivity index (χ2n) is 4.30. The molecule has 0 radical (unpaired) electrons. The highest BCUT2D eigenvalue weighted by molar-refractivity contribution is 7.91. The van der Waals surface area contributed by atoms with Gasteiger partial charge in [0.15, 0.2) is 9.84 Å². The first-order valence-corrected chi connectivity index (χ1v) is 7.32. The molecule has 0 aliphatic carbocycles. The van der Waals surface area contributed by atoms with E-state index < -0.39 is 9.84 Å². The van der Waals surface area contributed by atoms with Crippen molar-refractivity contribution < 1.29 is 8.42 Å². The first-order valence-electron chi connectivity index (χ1n) is 5.50. The summed E-state index contributed by atoms with van der Waals surface area (Å²) in [4.78, 5) is 11.4. The highest BCUT2D eigenvalue weighted by Gasteiger charge is 2.27. The van der Waals surface area contributed by atoms with Gasteiger partial charge in [0.2, 0.25) is 0 Å². The predicted molar refractivity (Wildman–Crippen MR) is 62.5 cm³/mol. The van der Waals surface area contributed by atoms with Gasteiger partial charge in [-0.05, 0) is 6.42 Å². The number of nitrogens with one attached hydrogen (secondary N) is 1. The van der Waals surface area contributed by atoms with E-state index in [1.807, 2.05) is 0 Å². The van der Waals surface area contributed by atoms with Crippen LogP contribution < -0.4 is 11.0 Å². The minimum absolute atomic E-state index is 0.0133. The molecule has 2 heterocycles. The molecule has 1 N–H and O–H groups in total. The van der Waals surface area contributed by atoms with E-state index in [0.29, 0.717) is 19.5 Å². The lowest BCUT2D eigenvalue weighted by molar-refractivity contribution is 0.490. The van der Waals surface area contributed by atoms with Crippen LogP contribution in [0.2, 0.25) is 0 Å². The van der Waals surface area contributed by atoms with Crippen LogP contribution >= 0.6 is 0 Å². The van der Waals surface area contributed by atoms with Gasteiger partial charge in [0.25, 0.3) is 0 Å². The number of aryl methyl sites for hydroxylation is 1. The molecule has 17 heavy (non-hydrogen) atoms. The summed E-state index contributed by atoms with van der Waals surface area (Å²) in [5.41, 5.74) is -0.161. The summed E-state index contributed by atoms with van der Waals surface area (Å²) < 4.78 is 25.2. The number of hydrogen-bond donors (Lipinski definition) is 1. The zero-order valence-electron chi connectivity index (χ0n) is 9.66. The van der Waals surface area contributed by atoms with Crippen LogP contribution in [0.3, 0.4) is 0 Å². The molecule has 1 fully saturated rings. The summed E-state index contributed by atoms with van der Waals surface area (Å²) in [5.74, 6) is 0.457. The van der Waals surface area contributed by atoms with Gasteiger partial charge >= 0.3 is 5.69 Å². The summed E-state index contributed by atoms with van der Waals surface area (Å²) in [6.45, 7) is 1.01. The average Bonchev–Trinajstić information content (AvgIpc) is 2.75. The highest BCUT2D eigenvalue weighted by Crippen LogP contribution is 2.10. The van der Waals surface area contributed by atoms with Crippen LogP contribution in [0.25, 0.3) is 0 Å². The van der Waals surface area contributed by atoms with Crippen LogP contribution in [0.15, 0.2) is 11.1 Å². The Balaban J connectivity index is 1.81. The smallest absolute Gasteiger partial charge is 0.311 e. The molecular weight excluding hydrogens is 244 g/mol. The summed E-state index contributed by atoms with van der Waals surface area (Å²) in [6.07, 6.45) is 2.11. The standard InChI is InChI=1S/C9H16N4O3S/c1-12-7-11-13(9(12)14)4-3-10-8-2-5-17(15,16)6-8/h7-8,10H,2-6H2,1H3. The van der Waals surface area contributed by atoms with Crippen molar-refractivity contribution in [3.05, 3.63) is 16.8 Å². The molecular formula is C9H16N4O3S. The quantitative estimate of drug-likeness (QED) is 0.701. The molecule has 7 nitrogen and oxygen atoms in total. The van der Waals surface area contributed by atoms with Crippen LogP contribution in [-0.4, -0.2) is 46.9 Å². The second-order valence-corrected chi connectivity index (χ2v) is 6.53. The molecule has 1 aliphatic heterocycles. The minimum Gasteiger partial charge on any atom is -0.311 e. The molecule has 1 atom stereocenters. The molecule has 0 spiro atoms. The molecule has 8 heteroatoms. The van der Waals surface area contributed by atoms with Crippen molar-refractivity contribution in [2.75, 3.05) is 18.1 Å². The number of sulfone groups is 1. The Bertz CT molecular complexity index is 545. The highest BCUT2D eigenvalue weighted by atomic mass is 32.2. The van der Waals surface area contributed by atoms with E-state index >= 15 is 0 Å². The molecule has 0 amide bonds. The van der Waals surface area contributed by atoms with E-state index in [2.05, 4.69) is 10.4 Å². The van der Waals surface area contributed by atoms with Crippen molar-refractivity contribution in [2.45, 2.75) is 19.0 Å². The van der Waals surface area contributed by atoms with Gasteiger partial charge in [-0.15, -0.1) is 0 Å². The fourth-order valence-electron chi connectivity index (χ4n) is 1.90. The average molecular weight is 260 g/mol. The van der Waals surface area contributed by atoms with Crippen LogP contribution in [0.1, 0.15) is 6.42 Å². The van der Waals surface area contributed by atoms with Crippen molar-refractivity contribution in [3.63, 3.8) is 0 Å². The fraction of sp³-hybridized carbons (Fsp3) is 0.778. The lowest BCUT2D eigenvalue weighted by Crippen LogP contribution is -2.35. The van der Waals surface area contributed by atoms with Gasteiger partial charge in [-0.3, -0.25) is 4.57 Å². The lowest BCUT2D eigenvalue weighted by atomic mass is 10.3. The largest absolute Gasteiger partial charge is 0.345 e. The summed E-state index contributed by atoms with van der Waals surface area (Å²) in [7, 11) is -1.20. The molecule has 96 valence electrons. The number of nitrogens with zero attached hydrogens (tertiary/aromatic N) is 3. The van der Waals surface area contributed by atoms with Gasteiger partial charge in [0.1, 0.15) is 6.33 Å². The Labute approximate surface area is 99.4 Å². The third kappa shape index (κ3) is 2.95. The van der Waals surface area contributed by atoms with Gasteiger partial charge < -0.3 is 5.32 Å². The van der Waals surface area contributed by atoms with Crippen molar-refractivity contribution in [2.24, 2.45) is 7.05 Å². The molecule has 2 rings (SSSR count). The van der Waals surface area contributed by atoms with Crippen molar-refractivity contribution in [1.82, 2.24) is 19.7 Å². The van der Waals surface area contributed by atoms with Crippen molar-refractivity contribution in [3.8, 4) is 0 Å². The predicted octanol–water partition coefficient (Wildman–Crippen LogP) is -1.64. The van der Waals surface area contributed by atoms with Gasteiger partial charge in [-0.2, -0.15) is 5.10 Å². The minimum atomic E-state index is -2.85. The first kappa shape index (κ1) is 12.3. The zero-order chi connectivity index (χ0) is 12.5. The number of rotatable bonds is 4. The van der Waals surface area contributed by atoms with Gasteiger partial charge in [0.05, 0.1) is 18.1 Å². The maximum Gasteiger partial charge on any atom is 0.345 e. The van der Waals surface area contributed by atoms with E-state index in [0.717, 1.165) is 0 Å². The van der Waals surface area contributed by atoms with E-state index in [9.17, 15) is 13.2 Å². The summed E-state index contributed by atoms with van der Waals surface area (Å²) in [5, 5.41) is 7.05. The third-order valence-electron chi connectivity index (χ3n) is 2.88. The van der Waals surface area contributed by atoms with Crippen LogP contribution in [0.5, 0.6) is 0 Å². The van der Waals surface area contributed by atoms with E-state index in [1.54, 1.807) is 7.05 Å². The Morgan fingerprint density at radius 3 is 2.88 bits per heavy atom. The Morgan fingerprint density at radius 2 is 2.35 bits per heavy atom. The van der Waals surface area contributed by atoms with E-state index in [1.165, 1.54) is 15.6 Å². The zero-order valence-corrected chi connectivity index (χ0v) is 10.5. The molecule has 0 bridgehead atoms. The van der Waals surface area contributed by atoms with Gasteiger partial charge in [-0.25, -0.2) is 17.9 Å². The van der Waals surface area contributed by atoms with Crippen LogP contribution in [0.4, 0.5) is 0 Å². The second kappa shape index (κ2) is 4.61. The van der Waals surface area contributed by atoms with Gasteiger partial charge in [-0.1, -0.05) is 0 Å². The Hall–Kier alpha value is -1.15. The molecule has 1 saturated heterocycles. The SMILES string of the molecule is Cn1cnn(CCNC2CCS(=O)(=O)C2)c1=O.